The summed E-state index contributed by atoms with van der Waals surface area (Å²) < 4.78 is 1.36. The number of benzene rings is 2. The Kier molecular flexibility index (Phi) is 7.49. The van der Waals surface area contributed by atoms with Crippen molar-refractivity contribution >= 4 is 23.1 Å². The normalized spacial score (nSPS) is 10.7. The zero-order valence-corrected chi connectivity index (χ0v) is 18.4. The van der Waals surface area contributed by atoms with E-state index in [0.29, 0.717) is 12.2 Å². The van der Waals surface area contributed by atoms with Crippen LogP contribution < -0.4 is 27.2 Å². The highest BCUT2D eigenvalue weighted by Crippen LogP contribution is 2.20. The molecular weight excluding hydrogens is 406 g/mol. The number of carbonyl (C=O) groups excluding carboxylic acids is 1. The Morgan fingerprint density at radius 1 is 1.09 bits per heavy atom. The lowest BCUT2D eigenvalue weighted by atomic mass is 10.2. The standard InChI is InChI=1S/C24H29N5O3/c1-3-4-14-29-22(25)21(23(31)27-24(29)32)28(15-18-8-6-5-7-9-18)16-20(30)26-19-12-10-17(2)11-13-19/h5-13H,3-4,14-16,25H2,1-2H3,(H,26,30)(H,27,31,32). The second-order valence-corrected chi connectivity index (χ2v) is 7.75. The molecule has 3 aromatic rings. The van der Waals surface area contributed by atoms with Crippen molar-refractivity contribution in [1.29, 1.82) is 0 Å². The molecule has 3 rings (SSSR count). The summed E-state index contributed by atoms with van der Waals surface area (Å²) in [6.45, 7) is 4.53. The Morgan fingerprint density at radius 3 is 2.44 bits per heavy atom. The van der Waals surface area contributed by atoms with Gasteiger partial charge in [-0.25, -0.2) is 4.79 Å². The van der Waals surface area contributed by atoms with E-state index in [9.17, 15) is 14.4 Å². The third kappa shape index (κ3) is 5.66. The number of nitrogens with two attached hydrogens (primary N) is 1. The molecule has 168 valence electrons. The molecule has 1 amide bonds. The fraction of sp³-hybridized carbons (Fsp3) is 0.292. The van der Waals surface area contributed by atoms with E-state index in [1.54, 1.807) is 4.90 Å². The number of aromatic nitrogens is 2. The first-order valence-corrected chi connectivity index (χ1v) is 10.7. The maximum atomic E-state index is 12.8. The Morgan fingerprint density at radius 2 is 1.78 bits per heavy atom. The van der Waals surface area contributed by atoms with Gasteiger partial charge in [0.25, 0.3) is 5.56 Å². The van der Waals surface area contributed by atoms with E-state index >= 15 is 0 Å². The Labute approximate surface area is 186 Å². The molecular formula is C24H29N5O3. The number of anilines is 3. The van der Waals surface area contributed by atoms with Crippen molar-refractivity contribution in [3.63, 3.8) is 0 Å². The first-order valence-electron chi connectivity index (χ1n) is 10.7. The van der Waals surface area contributed by atoms with Crippen molar-refractivity contribution in [2.45, 2.75) is 39.8 Å². The van der Waals surface area contributed by atoms with E-state index in [2.05, 4.69) is 10.3 Å². The number of carbonyl (C=O) groups is 1. The summed E-state index contributed by atoms with van der Waals surface area (Å²) >= 11 is 0. The van der Waals surface area contributed by atoms with Crippen LogP contribution in [0.25, 0.3) is 0 Å². The zero-order chi connectivity index (χ0) is 23.1. The number of aryl methyl sites for hydroxylation is 1. The number of nitrogens with one attached hydrogen (secondary N) is 2. The largest absolute Gasteiger partial charge is 0.383 e. The van der Waals surface area contributed by atoms with Gasteiger partial charge in [-0.2, -0.15) is 0 Å². The van der Waals surface area contributed by atoms with E-state index in [0.717, 1.165) is 24.0 Å². The molecule has 0 fully saturated rings. The van der Waals surface area contributed by atoms with Gasteiger partial charge in [0, 0.05) is 18.8 Å². The quantitative estimate of drug-likeness (QED) is 0.478. The van der Waals surface area contributed by atoms with Gasteiger partial charge < -0.3 is 16.0 Å². The molecule has 1 heterocycles. The summed E-state index contributed by atoms with van der Waals surface area (Å²) in [6, 6.07) is 16.9. The number of aromatic amines is 1. The van der Waals surface area contributed by atoms with Crippen LogP contribution in [0.3, 0.4) is 0 Å². The van der Waals surface area contributed by atoms with Crippen LogP contribution in [0.15, 0.2) is 64.2 Å². The molecule has 8 nitrogen and oxygen atoms in total. The van der Waals surface area contributed by atoms with Gasteiger partial charge in [-0.05, 0) is 31.0 Å². The summed E-state index contributed by atoms with van der Waals surface area (Å²) in [4.78, 5) is 41.9. The van der Waals surface area contributed by atoms with Crippen molar-refractivity contribution < 1.29 is 4.79 Å². The predicted octanol–water partition coefficient (Wildman–Crippen LogP) is 2.87. The van der Waals surface area contributed by atoms with E-state index in [-0.39, 0.29) is 30.5 Å². The molecule has 0 unspecified atom stereocenters. The molecule has 0 spiro atoms. The van der Waals surface area contributed by atoms with Gasteiger partial charge in [0.2, 0.25) is 5.91 Å². The van der Waals surface area contributed by atoms with Gasteiger partial charge in [-0.15, -0.1) is 0 Å². The Bertz CT molecular complexity index is 1170. The molecule has 4 N–H and O–H groups in total. The van der Waals surface area contributed by atoms with Crippen LogP contribution in [-0.2, 0) is 17.9 Å². The van der Waals surface area contributed by atoms with Crippen LogP contribution in [-0.4, -0.2) is 22.0 Å². The van der Waals surface area contributed by atoms with Crippen LogP contribution >= 0.6 is 0 Å². The van der Waals surface area contributed by atoms with Crippen molar-refractivity contribution in [2.24, 2.45) is 0 Å². The number of unbranched alkanes of at least 4 members (excludes halogenated alkanes) is 1. The third-order valence-electron chi connectivity index (χ3n) is 5.15. The number of hydrogen-bond acceptors (Lipinski definition) is 5. The summed E-state index contributed by atoms with van der Waals surface area (Å²) in [6.07, 6.45) is 1.61. The van der Waals surface area contributed by atoms with Gasteiger partial charge in [0.05, 0.1) is 6.54 Å². The minimum Gasteiger partial charge on any atom is -0.383 e. The highest BCUT2D eigenvalue weighted by atomic mass is 16.2. The van der Waals surface area contributed by atoms with Crippen LogP contribution in [0.5, 0.6) is 0 Å². The fourth-order valence-corrected chi connectivity index (χ4v) is 3.45. The number of amides is 1. The number of rotatable bonds is 9. The minimum absolute atomic E-state index is 0.0614. The van der Waals surface area contributed by atoms with Gasteiger partial charge in [0.15, 0.2) is 0 Å². The van der Waals surface area contributed by atoms with Crippen LogP contribution in [0.4, 0.5) is 17.2 Å². The highest BCUT2D eigenvalue weighted by molar-refractivity contribution is 5.94. The maximum absolute atomic E-state index is 12.8. The van der Waals surface area contributed by atoms with Crippen LogP contribution in [0.2, 0.25) is 0 Å². The van der Waals surface area contributed by atoms with Crippen LogP contribution in [0.1, 0.15) is 30.9 Å². The molecule has 32 heavy (non-hydrogen) atoms. The highest BCUT2D eigenvalue weighted by Gasteiger charge is 2.21. The van der Waals surface area contributed by atoms with Crippen LogP contribution in [0, 0.1) is 6.92 Å². The minimum atomic E-state index is -0.612. The fourth-order valence-electron chi connectivity index (χ4n) is 3.45. The second kappa shape index (κ2) is 10.5. The maximum Gasteiger partial charge on any atom is 0.330 e. The summed E-state index contributed by atoms with van der Waals surface area (Å²) in [5, 5.41) is 2.85. The van der Waals surface area contributed by atoms with Gasteiger partial charge in [-0.1, -0.05) is 61.4 Å². The number of nitrogen functional groups attached to an aromatic ring is 1. The smallest absolute Gasteiger partial charge is 0.330 e. The first-order chi connectivity index (χ1) is 15.4. The topological polar surface area (TPSA) is 113 Å². The lowest BCUT2D eigenvalue weighted by molar-refractivity contribution is -0.115. The van der Waals surface area contributed by atoms with Gasteiger partial charge in [0.1, 0.15) is 11.5 Å². The zero-order valence-electron chi connectivity index (χ0n) is 18.4. The molecule has 1 aromatic heterocycles. The summed E-state index contributed by atoms with van der Waals surface area (Å²) in [7, 11) is 0. The van der Waals surface area contributed by atoms with Crippen molar-refractivity contribution in [3.05, 3.63) is 86.6 Å². The Hall–Kier alpha value is -3.81. The molecule has 0 aliphatic heterocycles. The molecule has 0 bridgehead atoms. The summed E-state index contributed by atoms with van der Waals surface area (Å²) in [5.41, 5.74) is 7.90. The molecule has 2 aromatic carbocycles. The van der Waals surface area contributed by atoms with Crippen molar-refractivity contribution in [3.8, 4) is 0 Å². The monoisotopic (exact) mass is 435 g/mol. The van der Waals surface area contributed by atoms with E-state index in [1.807, 2.05) is 68.4 Å². The number of hydrogen-bond donors (Lipinski definition) is 3. The number of nitrogens with zero attached hydrogens (tertiary/aromatic N) is 2. The lowest BCUT2D eigenvalue weighted by Crippen LogP contribution is -2.41. The first kappa shape index (κ1) is 22.9. The molecule has 0 atom stereocenters. The number of H-pyrrole nitrogens is 1. The molecule has 0 aliphatic carbocycles. The van der Waals surface area contributed by atoms with Gasteiger partial charge >= 0.3 is 5.69 Å². The van der Waals surface area contributed by atoms with E-state index < -0.39 is 11.2 Å². The van der Waals surface area contributed by atoms with Crippen molar-refractivity contribution in [1.82, 2.24) is 9.55 Å². The molecule has 0 saturated carbocycles. The SMILES string of the molecule is CCCCn1c(N)c(N(CC(=O)Nc2ccc(C)cc2)Cc2ccccc2)c(=O)[nH]c1=O. The molecule has 0 aliphatic rings. The average Bonchev–Trinajstić information content (AvgIpc) is 2.75. The third-order valence-corrected chi connectivity index (χ3v) is 5.15. The molecule has 0 radical (unpaired) electrons. The Balaban J connectivity index is 1.95. The van der Waals surface area contributed by atoms with Gasteiger partial charge in [-0.3, -0.25) is 19.1 Å². The van der Waals surface area contributed by atoms with E-state index in [4.69, 9.17) is 5.73 Å². The summed E-state index contributed by atoms with van der Waals surface area (Å²) in [5.74, 6) is -0.235. The average molecular weight is 436 g/mol. The lowest BCUT2D eigenvalue weighted by Gasteiger charge is -2.26. The second-order valence-electron chi connectivity index (χ2n) is 7.75. The van der Waals surface area contributed by atoms with E-state index in [1.165, 1.54) is 4.57 Å². The molecule has 0 saturated heterocycles. The molecule has 8 heteroatoms. The van der Waals surface area contributed by atoms with Crippen molar-refractivity contribution in [2.75, 3.05) is 22.5 Å². The predicted molar refractivity (Wildman–Crippen MR) is 128 cm³/mol.